The number of nitrogen functional groups attached to an aromatic ring is 1. The van der Waals surface area contributed by atoms with Crippen LogP contribution in [0.25, 0.3) is 11.3 Å². The number of ether oxygens (including phenoxy) is 1. The van der Waals surface area contributed by atoms with Crippen molar-refractivity contribution in [1.29, 1.82) is 0 Å². The number of methoxy groups -OCH3 is 1. The Morgan fingerprint density at radius 1 is 0.967 bits per heavy atom. The first-order valence-corrected chi connectivity index (χ1v) is 10.9. The molecule has 0 aliphatic rings. The van der Waals surface area contributed by atoms with Crippen molar-refractivity contribution < 1.29 is 13.2 Å². The quantitative estimate of drug-likeness (QED) is 0.473. The number of rotatable bonds is 8. The van der Waals surface area contributed by atoms with Crippen molar-refractivity contribution in [1.82, 2.24) is 14.7 Å². The van der Waals surface area contributed by atoms with Crippen molar-refractivity contribution >= 4 is 21.8 Å². The van der Waals surface area contributed by atoms with Gasteiger partial charge in [-0.05, 0) is 50.2 Å². The maximum atomic E-state index is 12.4. The Kier molecular flexibility index (Phi) is 6.53. The first kappa shape index (κ1) is 21.5. The van der Waals surface area contributed by atoms with E-state index in [-0.39, 0.29) is 17.4 Å². The van der Waals surface area contributed by atoms with Gasteiger partial charge >= 0.3 is 0 Å². The van der Waals surface area contributed by atoms with Crippen LogP contribution in [0, 0.1) is 13.8 Å². The van der Waals surface area contributed by atoms with Gasteiger partial charge in [0.05, 0.1) is 17.7 Å². The molecule has 4 N–H and O–H groups in total. The zero-order valence-corrected chi connectivity index (χ0v) is 18.0. The summed E-state index contributed by atoms with van der Waals surface area (Å²) < 4.78 is 32.3. The van der Waals surface area contributed by atoms with E-state index in [0.717, 1.165) is 16.7 Å². The molecule has 0 radical (unpaired) electrons. The third kappa shape index (κ3) is 5.46. The van der Waals surface area contributed by atoms with Gasteiger partial charge in [0.1, 0.15) is 11.6 Å². The van der Waals surface area contributed by atoms with Gasteiger partial charge in [-0.2, -0.15) is 4.98 Å². The molecule has 0 fully saturated rings. The van der Waals surface area contributed by atoms with Crippen LogP contribution >= 0.6 is 0 Å². The number of aromatic nitrogens is 2. The predicted octanol–water partition coefficient (Wildman–Crippen LogP) is 2.74. The Labute approximate surface area is 176 Å². The molecule has 0 saturated heterocycles. The molecule has 9 heteroatoms. The molecule has 0 atom stereocenters. The van der Waals surface area contributed by atoms with Crippen LogP contribution in [-0.2, 0) is 10.0 Å². The number of aryl methyl sites for hydroxylation is 2. The normalized spacial score (nSPS) is 11.3. The molecule has 0 unspecified atom stereocenters. The second-order valence-corrected chi connectivity index (χ2v) is 8.64. The molecule has 1 aromatic heterocycles. The van der Waals surface area contributed by atoms with Crippen molar-refractivity contribution in [3.63, 3.8) is 0 Å². The van der Waals surface area contributed by atoms with Gasteiger partial charge in [-0.15, -0.1) is 0 Å². The number of nitrogens with two attached hydrogens (primary N) is 1. The molecular formula is C21H25N5O3S. The summed E-state index contributed by atoms with van der Waals surface area (Å²) in [5, 5.41) is 3.09. The Morgan fingerprint density at radius 3 is 2.27 bits per heavy atom. The first-order chi connectivity index (χ1) is 14.3. The van der Waals surface area contributed by atoms with Gasteiger partial charge in [-0.3, -0.25) is 0 Å². The second kappa shape index (κ2) is 9.10. The Balaban J connectivity index is 1.64. The zero-order valence-electron chi connectivity index (χ0n) is 17.1. The number of benzene rings is 2. The molecule has 0 spiro atoms. The van der Waals surface area contributed by atoms with Gasteiger partial charge < -0.3 is 15.8 Å². The van der Waals surface area contributed by atoms with E-state index in [1.807, 2.05) is 26.0 Å². The van der Waals surface area contributed by atoms with E-state index in [1.54, 1.807) is 18.2 Å². The fraction of sp³-hybridized carbons (Fsp3) is 0.238. The monoisotopic (exact) mass is 427 g/mol. The van der Waals surface area contributed by atoms with Crippen molar-refractivity contribution in [2.45, 2.75) is 18.7 Å². The molecule has 2 aromatic carbocycles. The Morgan fingerprint density at radius 2 is 1.63 bits per heavy atom. The van der Waals surface area contributed by atoms with Gasteiger partial charge in [-0.25, -0.2) is 18.1 Å². The molecule has 30 heavy (non-hydrogen) atoms. The maximum Gasteiger partial charge on any atom is 0.240 e. The lowest BCUT2D eigenvalue weighted by molar-refractivity contribution is 0.414. The smallest absolute Gasteiger partial charge is 0.240 e. The van der Waals surface area contributed by atoms with Crippen molar-refractivity contribution in [2.24, 2.45) is 0 Å². The van der Waals surface area contributed by atoms with Crippen molar-refractivity contribution in [3.05, 3.63) is 59.7 Å². The highest BCUT2D eigenvalue weighted by atomic mass is 32.2. The van der Waals surface area contributed by atoms with Crippen molar-refractivity contribution in [3.8, 4) is 17.0 Å². The predicted molar refractivity (Wildman–Crippen MR) is 118 cm³/mol. The summed E-state index contributed by atoms with van der Waals surface area (Å²) in [6.45, 7) is 4.56. The van der Waals surface area contributed by atoms with Crippen LogP contribution in [0.5, 0.6) is 5.75 Å². The summed E-state index contributed by atoms with van der Waals surface area (Å²) in [5.74, 6) is 1.27. The maximum absolute atomic E-state index is 12.4. The molecule has 3 aromatic rings. The Hall–Kier alpha value is -3.17. The van der Waals surface area contributed by atoms with E-state index in [2.05, 4.69) is 26.1 Å². The lowest BCUT2D eigenvalue weighted by Crippen LogP contribution is -2.29. The zero-order chi connectivity index (χ0) is 21.7. The van der Waals surface area contributed by atoms with Gasteiger partial charge in [0.15, 0.2) is 0 Å². The van der Waals surface area contributed by atoms with E-state index in [4.69, 9.17) is 10.5 Å². The summed E-state index contributed by atoms with van der Waals surface area (Å²) in [6, 6.07) is 14.1. The average molecular weight is 428 g/mol. The van der Waals surface area contributed by atoms with Gasteiger partial charge in [0.2, 0.25) is 16.0 Å². The molecule has 0 amide bonds. The lowest BCUT2D eigenvalue weighted by Gasteiger charge is -2.11. The molecule has 0 bridgehead atoms. The van der Waals surface area contributed by atoms with E-state index < -0.39 is 10.0 Å². The highest BCUT2D eigenvalue weighted by Crippen LogP contribution is 2.23. The van der Waals surface area contributed by atoms with Crippen molar-refractivity contribution in [2.75, 3.05) is 31.2 Å². The van der Waals surface area contributed by atoms with Crippen LogP contribution in [0.2, 0.25) is 0 Å². The fourth-order valence-electron chi connectivity index (χ4n) is 3.04. The molecule has 0 aliphatic heterocycles. The Bertz CT molecular complexity index is 1110. The number of sulfonamides is 1. The van der Waals surface area contributed by atoms with Crippen LogP contribution in [0.4, 0.5) is 11.8 Å². The minimum Gasteiger partial charge on any atom is -0.497 e. The summed E-state index contributed by atoms with van der Waals surface area (Å²) >= 11 is 0. The highest BCUT2D eigenvalue weighted by molar-refractivity contribution is 7.89. The molecule has 0 saturated carbocycles. The minimum absolute atomic E-state index is 0.146. The topological polar surface area (TPSA) is 119 Å². The molecule has 8 nitrogen and oxygen atoms in total. The number of hydrogen-bond acceptors (Lipinski definition) is 7. The third-order valence-electron chi connectivity index (χ3n) is 4.35. The van der Waals surface area contributed by atoms with E-state index >= 15 is 0 Å². The van der Waals surface area contributed by atoms with E-state index in [0.29, 0.717) is 23.8 Å². The van der Waals surface area contributed by atoms with Gasteiger partial charge in [0.25, 0.3) is 0 Å². The summed E-state index contributed by atoms with van der Waals surface area (Å²) in [6.07, 6.45) is 0. The fourth-order valence-corrected chi connectivity index (χ4v) is 4.07. The largest absolute Gasteiger partial charge is 0.497 e. The summed E-state index contributed by atoms with van der Waals surface area (Å²) in [4.78, 5) is 8.67. The lowest BCUT2D eigenvalue weighted by atomic mass is 10.0. The van der Waals surface area contributed by atoms with Gasteiger partial charge in [0, 0.05) is 24.7 Å². The number of nitrogens with zero attached hydrogens (tertiary/aromatic N) is 2. The standard InChI is InChI=1S/C21H25N5O3S/c1-14-10-15(2)12-16(11-14)19-13-20(26-21(22)25-19)23-8-9-24-30(27,28)18-6-4-17(29-3)5-7-18/h4-7,10-13,24H,8-9H2,1-3H3,(H3,22,23,25,26). The second-order valence-electron chi connectivity index (χ2n) is 6.87. The summed E-state index contributed by atoms with van der Waals surface area (Å²) in [5.41, 5.74) is 9.77. The minimum atomic E-state index is -3.61. The van der Waals surface area contributed by atoms with E-state index in [9.17, 15) is 8.42 Å². The van der Waals surface area contributed by atoms with Crippen LogP contribution < -0.4 is 20.5 Å². The van der Waals surface area contributed by atoms with E-state index in [1.165, 1.54) is 19.2 Å². The van der Waals surface area contributed by atoms with Crippen LogP contribution in [-0.4, -0.2) is 38.6 Å². The molecule has 3 rings (SSSR count). The molecule has 158 valence electrons. The molecule has 0 aliphatic carbocycles. The number of anilines is 2. The van der Waals surface area contributed by atoms with Crippen LogP contribution in [0.15, 0.2) is 53.4 Å². The molecular weight excluding hydrogens is 402 g/mol. The van der Waals surface area contributed by atoms with Crippen LogP contribution in [0.1, 0.15) is 11.1 Å². The SMILES string of the molecule is COc1ccc(S(=O)(=O)NCCNc2cc(-c3cc(C)cc(C)c3)nc(N)n2)cc1. The molecule has 1 heterocycles. The summed E-state index contributed by atoms with van der Waals surface area (Å²) in [7, 11) is -2.08. The average Bonchev–Trinajstić information content (AvgIpc) is 2.70. The number of nitrogens with one attached hydrogen (secondary N) is 2. The number of hydrogen-bond donors (Lipinski definition) is 3. The first-order valence-electron chi connectivity index (χ1n) is 9.37. The van der Waals surface area contributed by atoms with Gasteiger partial charge in [-0.1, -0.05) is 17.2 Å². The van der Waals surface area contributed by atoms with Crippen LogP contribution in [0.3, 0.4) is 0 Å². The third-order valence-corrected chi connectivity index (χ3v) is 5.83. The highest BCUT2D eigenvalue weighted by Gasteiger charge is 2.13.